The van der Waals surface area contributed by atoms with Gasteiger partial charge in [0.1, 0.15) is 0 Å². The first-order chi connectivity index (χ1) is 4.88. The number of nitrogens with zero attached hydrogens (tertiary/aromatic N) is 1. The molecule has 3 N–H and O–H groups in total. The SMILES string of the molecule is Nc1n[nH]c2[c]cccc12. The number of para-hydroxylation sites is 1. The van der Waals surface area contributed by atoms with E-state index in [1.807, 2.05) is 18.2 Å². The number of hydrogen-bond donors (Lipinski definition) is 2. The molecule has 49 valence electrons. The van der Waals surface area contributed by atoms with Crippen molar-refractivity contribution in [2.24, 2.45) is 0 Å². The van der Waals surface area contributed by atoms with Crippen molar-refractivity contribution >= 4 is 16.7 Å². The number of hydrogen-bond acceptors (Lipinski definition) is 2. The van der Waals surface area contributed by atoms with Gasteiger partial charge in [0.15, 0.2) is 5.82 Å². The van der Waals surface area contributed by atoms with Gasteiger partial charge in [-0.15, -0.1) is 0 Å². The Morgan fingerprint density at radius 2 is 2.50 bits per heavy atom. The van der Waals surface area contributed by atoms with Crippen LogP contribution in [0.5, 0.6) is 0 Å². The number of H-pyrrole nitrogens is 1. The Kier molecular flexibility index (Phi) is 0.917. The molecule has 1 heterocycles. The lowest BCUT2D eigenvalue weighted by Gasteiger charge is -1.84. The van der Waals surface area contributed by atoms with Crippen molar-refractivity contribution < 1.29 is 0 Å². The highest BCUT2D eigenvalue weighted by Crippen LogP contribution is 2.14. The van der Waals surface area contributed by atoms with E-state index in [4.69, 9.17) is 5.73 Å². The van der Waals surface area contributed by atoms with Crippen molar-refractivity contribution in [3.63, 3.8) is 0 Å². The van der Waals surface area contributed by atoms with E-state index in [-0.39, 0.29) is 0 Å². The number of aromatic nitrogens is 2. The first kappa shape index (κ1) is 5.29. The van der Waals surface area contributed by atoms with Crippen LogP contribution in [-0.4, -0.2) is 10.2 Å². The second-order valence-electron chi connectivity index (χ2n) is 2.07. The van der Waals surface area contributed by atoms with E-state index in [2.05, 4.69) is 16.3 Å². The predicted octanol–water partition coefficient (Wildman–Crippen LogP) is 0.945. The molecule has 0 spiro atoms. The van der Waals surface area contributed by atoms with Gasteiger partial charge >= 0.3 is 0 Å². The monoisotopic (exact) mass is 132 g/mol. The van der Waals surface area contributed by atoms with Crippen LogP contribution in [0.25, 0.3) is 10.9 Å². The molecule has 1 aromatic carbocycles. The number of nitrogen functional groups attached to an aromatic ring is 1. The Balaban J connectivity index is 2.93. The summed E-state index contributed by atoms with van der Waals surface area (Å²) in [6.07, 6.45) is 0. The van der Waals surface area contributed by atoms with Crippen LogP contribution < -0.4 is 5.73 Å². The van der Waals surface area contributed by atoms with Crippen LogP contribution in [0.4, 0.5) is 5.82 Å². The molecule has 2 rings (SSSR count). The van der Waals surface area contributed by atoms with Crippen molar-refractivity contribution in [1.82, 2.24) is 10.2 Å². The van der Waals surface area contributed by atoms with Crippen LogP contribution in [0.2, 0.25) is 0 Å². The normalized spacial score (nSPS) is 10.4. The van der Waals surface area contributed by atoms with Gasteiger partial charge in [-0.25, -0.2) is 0 Å². The molecule has 0 aliphatic rings. The minimum atomic E-state index is 0.534. The summed E-state index contributed by atoms with van der Waals surface area (Å²) in [5, 5.41) is 7.51. The maximum atomic E-state index is 5.51. The third-order valence-electron chi connectivity index (χ3n) is 1.42. The Morgan fingerprint density at radius 3 is 3.30 bits per heavy atom. The Morgan fingerprint density at radius 1 is 1.60 bits per heavy atom. The van der Waals surface area contributed by atoms with Gasteiger partial charge in [-0.3, -0.25) is 5.10 Å². The predicted molar refractivity (Wildman–Crippen MR) is 39.3 cm³/mol. The zero-order valence-corrected chi connectivity index (χ0v) is 5.26. The number of aromatic amines is 1. The minimum Gasteiger partial charge on any atom is -0.382 e. The van der Waals surface area contributed by atoms with E-state index in [0.29, 0.717) is 5.82 Å². The van der Waals surface area contributed by atoms with E-state index in [1.165, 1.54) is 0 Å². The fourth-order valence-electron chi connectivity index (χ4n) is 0.919. The molecule has 1 radical (unpaired) electrons. The van der Waals surface area contributed by atoms with Gasteiger partial charge in [-0.2, -0.15) is 5.10 Å². The van der Waals surface area contributed by atoms with E-state index in [9.17, 15) is 0 Å². The number of nitrogens with one attached hydrogen (secondary N) is 1. The van der Waals surface area contributed by atoms with Gasteiger partial charge in [-0.1, -0.05) is 12.1 Å². The summed E-state index contributed by atoms with van der Waals surface area (Å²) in [5.41, 5.74) is 6.37. The maximum absolute atomic E-state index is 5.51. The van der Waals surface area contributed by atoms with Crippen LogP contribution in [-0.2, 0) is 0 Å². The Bertz CT molecular complexity index is 350. The molecule has 0 unspecified atom stereocenters. The summed E-state index contributed by atoms with van der Waals surface area (Å²) in [6, 6.07) is 8.58. The zero-order chi connectivity index (χ0) is 6.97. The third-order valence-corrected chi connectivity index (χ3v) is 1.42. The van der Waals surface area contributed by atoms with Crippen molar-refractivity contribution in [2.75, 3.05) is 5.73 Å². The molecule has 0 fully saturated rings. The summed E-state index contributed by atoms with van der Waals surface area (Å²) in [4.78, 5) is 0. The van der Waals surface area contributed by atoms with Gasteiger partial charge in [0.2, 0.25) is 0 Å². The molecule has 0 saturated heterocycles. The minimum absolute atomic E-state index is 0.534. The lowest BCUT2D eigenvalue weighted by Crippen LogP contribution is -1.82. The number of anilines is 1. The molecule has 0 aliphatic carbocycles. The van der Waals surface area contributed by atoms with Crippen molar-refractivity contribution in [3.05, 3.63) is 24.3 Å². The highest BCUT2D eigenvalue weighted by Gasteiger charge is 1.97. The molecule has 3 heteroatoms. The molecule has 0 bridgehead atoms. The first-order valence-corrected chi connectivity index (χ1v) is 2.98. The fraction of sp³-hybridized carbons (Fsp3) is 0. The van der Waals surface area contributed by atoms with Crippen LogP contribution in [0.1, 0.15) is 0 Å². The molecule has 0 amide bonds. The molecule has 10 heavy (non-hydrogen) atoms. The van der Waals surface area contributed by atoms with E-state index in [0.717, 1.165) is 10.9 Å². The lowest BCUT2D eigenvalue weighted by molar-refractivity contribution is 1.13. The lowest BCUT2D eigenvalue weighted by atomic mass is 10.2. The second-order valence-corrected chi connectivity index (χ2v) is 2.07. The largest absolute Gasteiger partial charge is 0.382 e. The van der Waals surface area contributed by atoms with Gasteiger partial charge in [0, 0.05) is 11.5 Å². The highest BCUT2D eigenvalue weighted by atomic mass is 15.1. The smallest absolute Gasteiger partial charge is 0.153 e. The summed E-state index contributed by atoms with van der Waals surface area (Å²) in [7, 11) is 0. The zero-order valence-electron chi connectivity index (χ0n) is 5.26. The van der Waals surface area contributed by atoms with Gasteiger partial charge < -0.3 is 5.73 Å². The van der Waals surface area contributed by atoms with Crippen molar-refractivity contribution in [3.8, 4) is 0 Å². The number of nitrogens with two attached hydrogens (primary N) is 1. The highest BCUT2D eigenvalue weighted by molar-refractivity contribution is 5.87. The van der Waals surface area contributed by atoms with E-state index >= 15 is 0 Å². The maximum Gasteiger partial charge on any atom is 0.153 e. The Labute approximate surface area is 57.9 Å². The molecule has 2 aromatic rings. The van der Waals surface area contributed by atoms with Crippen LogP contribution in [0, 0.1) is 6.07 Å². The molecular weight excluding hydrogens is 126 g/mol. The average molecular weight is 132 g/mol. The standard InChI is InChI=1S/C7H6N3/c8-7-5-3-1-2-4-6(5)9-10-7/h1-3H,(H3,8,9,10). The molecule has 0 atom stereocenters. The number of fused-ring (bicyclic) bond motifs is 1. The first-order valence-electron chi connectivity index (χ1n) is 2.98. The second kappa shape index (κ2) is 1.73. The van der Waals surface area contributed by atoms with Crippen LogP contribution in [0.3, 0.4) is 0 Å². The van der Waals surface area contributed by atoms with Gasteiger partial charge in [0.05, 0.1) is 5.52 Å². The summed E-state index contributed by atoms with van der Waals surface area (Å²) in [5.74, 6) is 0.534. The molecular formula is C7H6N3. The third kappa shape index (κ3) is 0.572. The van der Waals surface area contributed by atoms with E-state index < -0.39 is 0 Å². The molecule has 0 saturated carbocycles. The molecule has 0 aliphatic heterocycles. The topological polar surface area (TPSA) is 54.7 Å². The van der Waals surface area contributed by atoms with Crippen LogP contribution >= 0.6 is 0 Å². The number of benzene rings is 1. The van der Waals surface area contributed by atoms with Gasteiger partial charge in [-0.05, 0) is 6.07 Å². The van der Waals surface area contributed by atoms with Crippen molar-refractivity contribution in [1.29, 1.82) is 0 Å². The fourth-order valence-corrected chi connectivity index (χ4v) is 0.919. The van der Waals surface area contributed by atoms with Crippen LogP contribution in [0.15, 0.2) is 18.2 Å². The summed E-state index contributed by atoms with van der Waals surface area (Å²) >= 11 is 0. The quantitative estimate of drug-likeness (QED) is 0.560. The summed E-state index contributed by atoms with van der Waals surface area (Å²) in [6.45, 7) is 0. The molecule has 3 nitrogen and oxygen atoms in total. The average Bonchev–Trinajstić information content (AvgIpc) is 2.34. The number of rotatable bonds is 0. The van der Waals surface area contributed by atoms with E-state index in [1.54, 1.807) is 0 Å². The molecule has 1 aromatic heterocycles. The van der Waals surface area contributed by atoms with Gasteiger partial charge in [0.25, 0.3) is 0 Å². The summed E-state index contributed by atoms with van der Waals surface area (Å²) < 4.78 is 0. The Hall–Kier alpha value is -1.51. The van der Waals surface area contributed by atoms with Crippen molar-refractivity contribution in [2.45, 2.75) is 0 Å².